The van der Waals surface area contributed by atoms with Crippen molar-refractivity contribution >= 4 is 5.71 Å². The minimum atomic E-state index is -0.289. The smallest absolute Gasteiger partial charge is 0.118 e. The zero-order valence-electron chi connectivity index (χ0n) is 7.27. The lowest BCUT2D eigenvalue weighted by atomic mass is 10.1. The van der Waals surface area contributed by atoms with E-state index in [0.717, 1.165) is 5.75 Å². The van der Waals surface area contributed by atoms with E-state index in [1.165, 1.54) is 0 Å². The lowest BCUT2D eigenvalue weighted by Gasteiger charge is -2.02. The maximum atomic E-state index is 8.78. The average Bonchev–Trinajstić information content (AvgIpc) is 2.21. The Morgan fingerprint density at radius 1 is 1.38 bits per heavy atom. The van der Waals surface area contributed by atoms with Crippen LogP contribution in [0.1, 0.15) is 5.56 Å². The predicted molar refractivity (Wildman–Crippen MR) is 48.4 cm³/mol. The van der Waals surface area contributed by atoms with Gasteiger partial charge in [-0.1, -0.05) is 5.16 Å². The number of aliphatic hydroxyl groups excluding tert-OH is 1. The second-order valence-electron chi connectivity index (χ2n) is 2.43. The first-order valence-electron chi connectivity index (χ1n) is 3.78. The van der Waals surface area contributed by atoms with E-state index >= 15 is 0 Å². The van der Waals surface area contributed by atoms with Crippen molar-refractivity contribution in [2.24, 2.45) is 5.16 Å². The standard InChI is InChI=1S/C9H11NO3/c1-13-8-4-2-7(3-5-8)9(6-11)10-12/h2-5,11-12H,6H2,1H3/b10-9-. The Labute approximate surface area is 76.1 Å². The van der Waals surface area contributed by atoms with Crippen LogP contribution in [-0.2, 0) is 0 Å². The highest BCUT2D eigenvalue weighted by Crippen LogP contribution is 2.11. The van der Waals surface area contributed by atoms with E-state index in [4.69, 9.17) is 15.1 Å². The fraction of sp³-hybridized carbons (Fsp3) is 0.222. The molecule has 1 rings (SSSR count). The number of nitrogens with zero attached hydrogens (tertiary/aromatic N) is 1. The van der Waals surface area contributed by atoms with Crippen molar-refractivity contribution in [2.75, 3.05) is 13.7 Å². The van der Waals surface area contributed by atoms with Crippen molar-refractivity contribution in [3.05, 3.63) is 29.8 Å². The summed E-state index contributed by atoms with van der Waals surface area (Å²) in [6.07, 6.45) is 0. The van der Waals surface area contributed by atoms with Gasteiger partial charge in [0.1, 0.15) is 11.5 Å². The first-order chi connectivity index (χ1) is 6.31. The van der Waals surface area contributed by atoms with E-state index in [1.807, 2.05) is 0 Å². The van der Waals surface area contributed by atoms with Gasteiger partial charge in [0.25, 0.3) is 0 Å². The molecule has 4 nitrogen and oxygen atoms in total. The van der Waals surface area contributed by atoms with Gasteiger partial charge in [0, 0.05) is 5.56 Å². The molecule has 0 aliphatic heterocycles. The molecule has 0 saturated carbocycles. The van der Waals surface area contributed by atoms with Gasteiger partial charge in [-0.25, -0.2) is 0 Å². The highest BCUT2D eigenvalue weighted by Gasteiger charge is 2.01. The zero-order valence-corrected chi connectivity index (χ0v) is 7.27. The topological polar surface area (TPSA) is 62.0 Å². The number of oxime groups is 1. The summed E-state index contributed by atoms with van der Waals surface area (Å²) in [6.45, 7) is -0.289. The lowest BCUT2D eigenvalue weighted by Crippen LogP contribution is -2.05. The molecule has 4 heteroatoms. The highest BCUT2D eigenvalue weighted by molar-refractivity contribution is 6.01. The molecule has 13 heavy (non-hydrogen) atoms. The van der Waals surface area contributed by atoms with Gasteiger partial charge in [0.05, 0.1) is 13.7 Å². The van der Waals surface area contributed by atoms with Crippen molar-refractivity contribution in [2.45, 2.75) is 0 Å². The summed E-state index contributed by atoms with van der Waals surface area (Å²) in [7, 11) is 1.57. The third kappa shape index (κ3) is 2.19. The Balaban J connectivity index is 2.91. The SMILES string of the molecule is COc1ccc(/C(CO)=N\O)cc1. The molecule has 0 atom stereocenters. The molecule has 0 amide bonds. The molecule has 0 spiro atoms. The molecular formula is C9H11NO3. The molecule has 1 aromatic carbocycles. The largest absolute Gasteiger partial charge is 0.497 e. The number of rotatable bonds is 3. The van der Waals surface area contributed by atoms with Crippen LogP contribution in [0.4, 0.5) is 0 Å². The summed E-state index contributed by atoms with van der Waals surface area (Å²) in [4.78, 5) is 0. The molecule has 0 saturated heterocycles. The molecule has 0 aliphatic rings. The van der Waals surface area contributed by atoms with Crippen molar-refractivity contribution in [3.8, 4) is 5.75 Å². The normalized spacial score (nSPS) is 11.4. The Hall–Kier alpha value is -1.55. The Bertz CT molecular complexity index is 292. The Morgan fingerprint density at radius 2 is 2.00 bits per heavy atom. The second kappa shape index (κ2) is 4.47. The molecule has 0 heterocycles. The highest BCUT2D eigenvalue weighted by atomic mass is 16.5. The quantitative estimate of drug-likeness (QED) is 0.413. The lowest BCUT2D eigenvalue weighted by molar-refractivity contribution is 0.304. The third-order valence-electron chi connectivity index (χ3n) is 1.69. The predicted octanol–water partition coefficient (Wildman–Crippen LogP) is 0.866. The maximum Gasteiger partial charge on any atom is 0.118 e. The second-order valence-corrected chi connectivity index (χ2v) is 2.43. The Morgan fingerprint density at radius 3 is 2.38 bits per heavy atom. The third-order valence-corrected chi connectivity index (χ3v) is 1.69. The number of aliphatic hydroxyl groups is 1. The van der Waals surface area contributed by atoms with Crippen molar-refractivity contribution in [3.63, 3.8) is 0 Å². The van der Waals surface area contributed by atoms with E-state index in [0.29, 0.717) is 5.56 Å². The molecule has 0 bridgehead atoms. The van der Waals surface area contributed by atoms with Gasteiger partial charge < -0.3 is 15.1 Å². The monoisotopic (exact) mass is 181 g/mol. The molecule has 0 radical (unpaired) electrons. The van der Waals surface area contributed by atoms with Crippen LogP contribution in [0.2, 0.25) is 0 Å². The van der Waals surface area contributed by atoms with Gasteiger partial charge in [0.15, 0.2) is 0 Å². The van der Waals surface area contributed by atoms with Crippen molar-refractivity contribution in [1.82, 2.24) is 0 Å². The molecule has 70 valence electrons. The van der Waals surface area contributed by atoms with E-state index in [1.54, 1.807) is 31.4 Å². The van der Waals surface area contributed by atoms with Gasteiger partial charge in [-0.3, -0.25) is 0 Å². The fourth-order valence-electron chi connectivity index (χ4n) is 0.964. The van der Waals surface area contributed by atoms with Gasteiger partial charge >= 0.3 is 0 Å². The minimum absolute atomic E-state index is 0.239. The molecule has 1 aromatic rings. The summed E-state index contributed by atoms with van der Waals surface area (Å²) in [5, 5.41) is 20.2. The number of hydrogen-bond donors (Lipinski definition) is 2. The summed E-state index contributed by atoms with van der Waals surface area (Å²) in [5.41, 5.74) is 0.911. The number of benzene rings is 1. The van der Waals surface area contributed by atoms with Crippen LogP contribution in [-0.4, -0.2) is 29.7 Å². The van der Waals surface area contributed by atoms with E-state index in [-0.39, 0.29) is 12.3 Å². The van der Waals surface area contributed by atoms with Crippen LogP contribution in [0, 0.1) is 0 Å². The van der Waals surface area contributed by atoms with Gasteiger partial charge in [-0.05, 0) is 24.3 Å². The maximum absolute atomic E-state index is 8.78. The summed E-state index contributed by atoms with van der Waals surface area (Å²) < 4.78 is 4.95. The van der Waals surface area contributed by atoms with E-state index < -0.39 is 0 Å². The van der Waals surface area contributed by atoms with Crippen LogP contribution >= 0.6 is 0 Å². The summed E-state index contributed by atoms with van der Waals surface area (Å²) in [5.74, 6) is 0.721. The van der Waals surface area contributed by atoms with Crippen LogP contribution in [0.3, 0.4) is 0 Å². The fourth-order valence-corrected chi connectivity index (χ4v) is 0.964. The van der Waals surface area contributed by atoms with E-state index in [2.05, 4.69) is 5.16 Å². The van der Waals surface area contributed by atoms with Crippen molar-refractivity contribution < 1.29 is 15.1 Å². The van der Waals surface area contributed by atoms with Gasteiger partial charge in [-0.15, -0.1) is 0 Å². The Kier molecular flexibility index (Phi) is 3.28. The average molecular weight is 181 g/mol. The molecular weight excluding hydrogens is 170 g/mol. The first kappa shape index (κ1) is 9.54. The molecule has 0 aromatic heterocycles. The minimum Gasteiger partial charge on any atom is -0.497 e. The summed E-state index contributed by atoms with van der Waals surface area (Å²) >= 11 is 0. The summed E-state index contributed by atoms with van der Waals surface area (Å²) in [6, 6.07) is 6.89. The van der Waals surface area contributed by atoms with Gasteiger partial charge in [-0.2, -0.15) is 0 Å². The van der Waals surface area contributed by atoms with Crippen LogP contribution in [0.15, 0.2) is 29.4 Å². The molecule has 2 N–H and O–H groups in total. The van der Waals surface area contributed by atoms with Crippen LogP contribution < -0.4 is 4.74 Å². The number of ether oxygens (including phenoxy) is 1. The van der Waals surface area contributed by atoms with Crippen LogP contribution in [0.5, 0.6) is 5.75 Å². The molecule has 0 aliphatic carbocycles. The zero-order chi connectivity index (χ0) is 9.68. The number of hydrogen-bond acceptors (Lipinski definition) is 4. The molecule has 0 fully saturated rings. The van der Waals surface area contributed by atoms with Gasteiger partial charge in [0.2, 0.25) is 0 Å². The van der Waals surface area contributed by atoms with E-state index in [9.17, 15) is 0 Å². The molecule has 0 unspecified atom stereocenters. The van der Waals surface area contributed by atoms with Crippen molar-refractivity contribution in [1.29, 1.82) is 0 Å². The van der Waals surface area contributed by atoms with Crippen LogP contribution in [0.25, 0.3) is 0 Å². The number of methoxy groups -OCH3 is 1. The first-order valence-corrected chi connectivity index (χ1v) is 3.78.